The summed E-state index contributed by atoms with van der Waals surface area (Å²) in [5, 5.41) is 7.30. The van der Waals surface area contributed by atoms with Gasteiger partial charge < -0.3 is 9.32 Å². The molecule has 0 aliphatic heterocycles. The third-order valence-corrected chi connectivity index (χ3v) is 10.8. The minimum Gasteiger partial charge on any atom is -0.456 e. The fourth-order valence-corrected chi connectivity index (χ4v) is 8.40. The predicted octanol–water partition coefficient (Wildman–Crippen LogP) is 13.9. The van der Waals surface area contributed by atoms with Crippen molar-refractivity contribution in [3.8, 4) is 22.3 Å². The van der Waals surface area contributed by atoms with E-state index in [0.29, 0.717) is 0 Å². The maximum Gasteiger partial charge on any atom is 0.137 e. The lowest BCUT2D eigenvalue weighted by Gasteiger charge is -2.26. The van der Waals surface area contributed by atoms with Crippen LogP contribution in [0.3, 0.4) is 0 Å². The number of thiophene rings is 1. The first kappa shape index (κ1) is 27.9. The van der Waals surface area contributed by atoms with Crippen LogP contribution in [-0.4, -0.2) is 0 Å². The molecule has 2 aromatic heterocycles. The molecule has 0 saturated heterocycles. The van der Waals surface area contributed by atoms with Crippen LogP contribution in [0.4, 0.5) is 17.1 Å². The van der Waals surface area contributed by atoms with Gasteiger partial charge in [0, 0.05) is 36.9 Å². The molecule has 0 atom stereocenters. The van der Waals surface area contributed by atoms with Crippen LogP contribution < -0.4 is 4.90 Å². The van der Waals surface area contributed by atoms with Crippen molar-refractivity contribution < 1.29 is 4.42 Å². The summed E-state index contributed by atoms with van der Waals surface area (Å²) in [4.78, 5) is 2.39. The van der Waals surface area contributed by atoms with Gasteiger partial charge in [0.15, 0.2) is 0 Å². The Morgan fingerprint density at radius 1 is 0.388 bits per heavy atom. The predicted molar refractivity (Wildman–Crippen MR) is 210 cm³/mol. The summed E-state index contributed by atoms with van der Waals surface area (Å²) in [6.45, 7) is 0. The Morgan fingerprint density at radius 2 is 1.06 bits per heavy atom. The van der Waals surface area contributed by atoms with Crippen LogP contribution in [0.25, 0.3) is 75.1 Å². The third kappa shape index (κ3) is 4.70. The van der Waals surface area contributed by atoms with E-state index in [-0.39, 0.29) is 0 Å². The molecule has 10 aromatic rings. The number of fused-ring (bicyclic) bond motifs is 7. The Labute approximate surface area is 287 Å². The van der Waals surface area contributed by atoms with Crippen LogP contribution in [0.15, 0.2) is 180 Å². The van der Waals surface area contributed by atoms with E-state index in [4.69, 9.17) is 4.42 Å². The lowest BCUT2D eigenvalue weighted by Crippen LogP contribution is -2.10. The Hall–Kier alpha value is -6.16. The molecular weight excluding hydrogens is 615 g/mol. The van der Waals surface area contributed by atoms with Crippen LogP contribution in [0.1, 0.15) is 0 Å². The van der Waals surface area contributed by atoms with Gasteiger partial charge in [0.05, 0.1) is 11.1 Å². The van der Waals surface area contributed by atoms with E-state index >= 15 is 0 Å². The van der Waals surface area contributed by atoms with E-state index < -0.39 is 0 Å². The van der Waals surface area contributed by atoms with Gasteiger partial charge >= 0.3 is 0 Å². The molecule has 0 aliphatic carbocycles. The monoisotopic (exact) mass is 643 g/mol. The molecule has 49 heavy (non-hydrogen) atoms. The average molecular weight is 644 g/mol. The highest BCUT2D eigenvalue weighted by molar-refractivity contribution is 7.25. The van der Waals surface area contributed by atoms with Gasteiger partial charge in [0.1, 0.15) is 11.2 Å². The second-order valence-corrected chi connectivity index (χ2v) is 13.6. The summed E-state index contributed by atoms with van der Waals surface area (Å²) >= 11 is 1.85. The maximum atomic E-state index is 6.57. The standard InChI is InChI=1S/C46H29NOS/c1-2-9-30(10-3-1)35-21-25-40-43(28-35)48-42-15-8-14-41(46(40)42)47(37-24-26-39-38-13-6-7-16-44(38)49-45(39)29-37)36-22-19-32(20-23-36)34-18-17-31-11-4-5-12-33(31)27-34/h1-29H. The van der Waals surface area contributed by atoms with Crippen molar-refractivity contribution in [1.82, 2.24) is 0 Å². The number of hydrogen-bond acceptors (Lipinski definition) is 3. The zero-order chi connectivity index (χ0) is 32.3. The van der Waals surface area contributed by atoms with Gasteiger partial charge in [-0.25, -0.2) is 0 Å². The summed E-state index contributed by atoms with van der Waals surface area (Å²) in [5.74, 6) is 0. The van der Waals surface area contributed by atoms with Crippen LogP contribution in [-0.2, 0) is 0 Å². The molecule has 3 heteroatoms. The van der Waals surface area contributed by atoms with Crippen molar-refractivity contribution in [2.75, 3.05) is 4.90 Å². The number of benzene rings is 8. The van der Waals surface area contributed by atoms with Crippen molar-refractivity contribution >= 4 is 81.3 Å². The molecule has 10 rings (SSSR count). The smallest absolute Gasteiger partial charge is 0.137 e. The lowest BCUT2D eigenvalue weighted by atomic mass is 10.0. The molecule has 0 aliphatic rings. The normalized spacial score (nSPS) is 11.7. The zero-order valence-electron chi connectivity index (χ0n) is 26.5. The van der Waals surface area contributed by atoms with Gasteiger partial charge in [-0.1, -0.05) is 115 Å². The SMILES string of the molecule is c1ccc(-c2ccc3c(c2)oc2cccc(N(c4ccc(-c5ccc6ccccc6c5)cc4)c4ccc5c(c4)sc4ccccc45)c23)cc1. The van der Waals surface area contributed by atoms with Crippen molar-refractivity contribution in [1.29, 1.82) is 0 Å². The zero-order valence-corrected chi connectivity index (χ0v) is 27.3. The fraction of sp³-hybridized carbons (Fsp3) is 0. The number of anilines is 3. The molecule has 0 bridgehead atoms. The van der Waals surface area contributed by atoms with Crippen LogP contribution in [0, 0.1) is 0 Å². The van der Waals surface area contributed by atoms with Crippen LogP contribution >= 0.6 is 11.3 Å². The highest BCUT2D eigenvalue weighted by Crippen LogP contribution is 2.45. The molecule has 0 spiro atoms. The van der Waals surface area contributed by atoms with Crippen molar-refractivity contribution in [3.05, 3.63) is 176 Å². The fourth-order valence-electron chi connectivity index (χ4n) is 7.26. The minimum absolute atomic E-state index is 0.874. The van der Waals surface area contributed by atoms with Gasteiger partial charge in [0.25, 0.3) is 0 Å². The quantitative estimate of drug-likeness (QED) is 0.186. The van der Waals surface area contributed by atoms with Gasteiger partial charge in [-0.2, -0.15) is 0 Å². The average Bonchev–Trinajstić information content (AvgIpc) is 3.73. The van der Waals surface area contributed by atoms with E-state index in [1.54, 1.807) is 0 Å². The first-order chi connectivity index (χ1) is 24.3. The Kier molecular flexibility index (Phi) is 6.39. The van der Waals surface area contributed by atoms with E-state index in [1.807, 2.05) is 11.3 Å². The first-order valence-electron chi connectivity index (χ1n) is 16.6. The summed E-state index contributed by atoms with van der Waals surface area (Å²) in [6, 6.07) is 63.2. The van der Waals surface area contributed by atoms with Crippen molar-refractivity contribution in [2.45, 2.75) is 0 Å². The summed E-state index contributed by atoms with van der Waals surface area (Å²) in [5.41, 5.74) is 9.76. The molecule has 0 saturated carbocycles. The third-order valence-electron chi connectivity index (χ3n) is 9.65. The molecule has 0 radical (unpaired) electrons. The molecule has 0 amide bonds. The highest BCUT2D eigenvalue weighted by atomic mass is 32.1. The van der Waals surface area contributed by atoms with E-state index in [1.165, 1.54) is 47.6 Å². The molecule has 0 N–H and O–H groups in total. The summed E-state index contributed by atoms with van der Waals surface area (Å²) in [6.07, 6.45) is 0. The Balaban J connectivity index is 1.16. The molecule has 0 fully saturated rings. The highest BCUT2D eigenvalue weighted by Gasteiger charge is 2.21. The molecule has 2 nitrogen and oxygen atoms in total. The number of rotatable bonds is 5. The van der Waals surface area contributed by atoms with Crippen molar-refractivity contribution in [2.24, 2.45) is 0 Å². The number of hydrogen-bond donors (Lipinski definition) is 0. The Bertz CT molecular complexity index is 2830. The van der Waals surface area contributed by atoms with Crippen LogP contribution in [0.2, 0.25) is 0 Å². The molecule has 8 aromatic carbocycles. The van der Waals surface area contributed by atoms with E-state index in [0.717, 1.165) is 44.6 Å². The first-order valence-corrected chi connectivity index (χ1v) is 17.4. The van der Waals surface area contributed by atoms with E-state index in [2.05, 4.69) is 181 Å². The van der Waals surface area contributed by atoms with Gasteiger partial charge in [-0.3, -0.25) is 0 Å². The number of furan rings is 1. The van der Waals surface area contributed by atoms with E-state index in [9.17, 15) is 0 Å². The lowest BCUT2D eigenvalue weighted by molar-refractivity contribution is 0.669. The molecule has 0 unspecified atom stereocenters. The van der Waals surface area contributed by atoms with Crippen molar-refractivity contribution in [3.63, 3.8) is 0 Å². The molecule has 2 heterocycles. The minimum atomic E-state index is 0.874. The summed E-state index contributed by atoms with van der Waals surface area (Å²) in [7, 11) is 0. The number of nitrogens with zero attached hydrogens (tertiary/aromatic N) is 1. The molecular formula is C46H29NOS. The molecule has 230 valence electrons. The maximum absolute atomic E-state index is 6.57. The van der Waals surface area contributed by atoms with Gasteiger partial charge in [0.2, 0.25) is 0 Å². The Morgan fingerprint density at radius 3 is 1.96 bits per heavy atom. The second-order valence-electron chi connectivity index (χ2n) is 12.6. The summed E-state index contributed by atoms with van der Waals surface area (Å²) < 4.78 is 9.15. The largest absolute Gasteiger partial charge is 0.456 e. The van der Waals surface area contributed by atoms with Crippen LogP contribution in [0.5, 0.6) is 0 Å². The van der Waals surface area contributed by atoms with Gasteiger partial charge in [-0.05, 0) is 93.7 Å². The van der Waals surface area contributed by atoms with Gasteiger partial charge in [-0.15, -0.1) is 11.3 Å². The topological polar surface area (TPSA) is 16.4 Å². The second kappa shape index (κ2) is 11.2.